The van der Waals surface area contributed by atoms with Crippen LogP contribution in [0, 0.1) is 20.8 Å². The Labute approximate surface area is 110 Å². The van der Waals surface area contributed by atoms with Crippen molar-refractivity contribution in [2.45, 2.75) is 39.8 Å². The Morgan fingerprint density at radius 2 is 1.83 bits per heavy atom. The second-order valence-electron chi connectivity index (χ2n) is 5.50. The summed E-state index contributed by atoms with van der Waals surface area (Å²) in [6.45, 7) is 10.7. The normalized spacial score (nSPS) is 24.4. The number of rotatable bonds is 2. The van der Waals surface area contributed by atoms with Crippen LogP contribution in [0.2, 0.25) is 0 Å². The first kappa shape index (κ1) is 13.4. The Kier molecular flexibility index (Phi) is 3.93. The van der Waals surface area contributed by atoms with Gasteiger partial charge in [0.05, 0.1) is 12.6 Å². The standard InChI is InChI=1S/C15H24N2O/c1-10-5-11(2)15(12(3)6-10)17-13(4)7-16-8-14(17)9-18/h5-6,13-14,16,18H,7-9H2,1-4H3. The number of anilines is 1. The molecule has 0 aromatic heterocycles. The van der Waals surface area contributed by atoms with Gasteiger partial charge in [-0.15, -0.1) is 0 Å². The molecule has 2 atom stereocenters. The maximum absolute atomic E-state index is 9.60. The largest absolute Gasteiger partial charge is 0.394 e. The minimum atomic E-state index is 0.175. The number of nitrogens with one attached hydrogen (secondary N) is 1. The Hall–Kier alpha value is -1.06. The van der Waals surface area contributed by atoms with E-state index in [1.54, 1.807) is 0 Å². The summed E-state index contributed by atoms with van der Waals surface area (Å²) in [4.78, 5) is 2.39. The number of aliphatic hydroxyl groups is 1. The van der Waals surface area contributed by atoms with Crippen molar-refractivity contribution in [1.82, 2.24) is 5.32 Å². The second kappa shape index (κ2) is 5.29. The zero-order valence-electron chi connectivity index (χ0n) is 11.8. The van der Waals surface area contributed by atoms with Crippen LogP contribution < -0.4 is 10.2 Å². The Balaban J connectivity index is 2.45. The molecular formula is C15H24N2O. The van der Waals surface area contributed by atoms with Crippen molar-refractivity contribution < 1.29 is 5.11 Å². The summed E-state index contributed by atoms with van der Waals surface area (Å²) in [6.07, 6.45) is 0. The van der Waals surface area contributed by atoms with Crippen molar-refractivity contribution in [1.29, 1.82) is 0 Å². The zero-order valence-corrected chi connectivity index (χ0v) is 11.8. The van der Waals surface area contributed by atoms with E-state index in [0.717, 1.165) is 13.1 Å². The first-order valence-electron chi connectivity index (χ1n) is 6.72. The van der Waals surface area contributed by atoms with Crippen LogP contribution in [-0.2, 0) is 0 Å². The number of benzene rings is 1. The SMILES string of the molecule is Cc1cc(C)c(N2C(C)CNCC2CO)c(C)c1. The van der Waals surface area contributed by atoms with Crippen molar-refractivity contribution >= 4 is 5.69 Å². The van der Waals surface area contributed by atoms with Crippen molar-refractivity contribution in [3.05, 3.63) is 28.8 Å². The zero-order chi connectivity index (χ0) is 13.3. The average molecular weight is 248 g/mol. The molecule has 0 bridgehead atoms. The molecule has 100 valence electrons. The van der Waals surface area contributed by atoms with Gasteiger partial charge in [0.1, 0.15) is 0 Å². The van der Waals surface area contributed by atoms with Crippen LogP contribution in [0.5, 0.6) is 0 Å². The van der Waals surface area contributed by atoms with E-state index >= 15 is 0 Å². The maximum atomic E-state index is 9.60. The highest BCUT2D eigenvalue weighted by Gasteiger charge is 2.29. The molecule has 1 aliphatic heterocycles. The topological polar surface area (TPSA) is 35.5 Å². The van der Waals surface area contributed by atoms with Crippen LogP contribution in [0.1, 0.15) is 23.6 Å². The van der Waals surface area contributed by atoms with Crippen molar-refractivity contribution in [2.24, 2.45) is 0 Å². The van der Waals surface area contributed by atoms with Gasteiger partial charge in [-0.2, -0.15) is 0 Å². The average Bonchev–Trinajstić information content (AvgIpc) is 2.29. The van der Waals surface area contributed by atoms with Gasteiger partial charge in [-0.25, -0.2) is 0 Å². The molecule has 0 spiro atoms. The lowest BCUT2D eigenvalue weighted by Crippen LogP contribution is -2.58. The van der Waals surface area contributed by atoms with E-state index in [2.05, 4.69) is 50.0 Å². The molecule has 0 saturated carbocycles. The number of hydrogen-bond donors (Lipinski definition) is 2. The van der Waals surface area contributed by atoms with Crippen LogP contribution in [0.4, 0.5) is 5.69 Å². The predicted octanol–water partition coefficient (Wildman–Crippen LogP) is 1.77. The van der Waals surface area contributed by atoms with Gasteiger partial charge in [-0.1, -0.05) is 17.7 Å². The van der Waals surface area contributed by atoms with E-state index in [9.17, 15) is 5.11 Å². The third-order valence-corrected chi connectivity index (χ3v) is 3.79. The molecule has 1 saturated heterocycles. The lowest BCUT2D eigenvalue weighted by molar-refractivity contribution is 0.235. The predicted molar refractivity (Wildman–Crippen MR) is 76.3 cm³/mol. The van der Waals surface area contributed by atoms with E-state index in [1.807, 2.05) is 0 Å². The molecule has 0 amide bonds. The maximum Gasteiger partial charge on any atom is 0.0649 e. The highest BCUT2D eigenvalue weighted by atomic mass is 16.3. The summed E-state index contributed by atoms with van der Waals surface area (Å²) in [7, 11) is 0. The molecule has 18 heavy (non-hydrogen) atoms. The van der Waals surface area contributed by atoms with E-state index < -0.39 is 0 Å². The third kappa shape index (κ3) is 2.38. The minimum absolute atomic E-state index is 0.175. The number of aliphatic hydroxyl groups excluding tert-OH is 1. The molecule has 0 aliphatic carbocycles. The number of aryl methyl sites for hydroxylation is 3. The second-order valence-corrected chi connectivity index (χ2v) is 5.50. The molecule has 1 aromatic rings. The quantitative estimate of drug-likeness (QED) is 0.837. The van der Waals surface area contributed by atoms with Crippen molar-refractivity contribution in [2.75, 3.05) is 24.6 Å². The van der Waals surface area contributed by atoms with E-state index in [0.29, 0.717) is 6.04 Å². The molecule has 3 heteroatoms. The van der Waals surface area contributed by atoms with Gasteiger partial charge in [0.25, 0.3) is 0 Å². The summed E-state index contributed by atoms with van der Waals surface area (Å²) in [5.74, 6) is 0. The third-order valence-electron chi connectivity index (χ3n) is 3.79. The van der Waals surface area contributed by atoms with Crippen LogP contribution in [0.25, 0.3) is 0 Å². The summed E-state index contributed by atoms with van der Waals surface area (Å²) in [5, 5.41) is 13.0. The number of nitrogens with zero attached hydrogens (tertiary/aromatic N) is 1. The Morgan fingerprint density at radius 3 is 2.39 bits per heavy atom. The van der Waals surface area contributed by atoms with E-state index in [-0.39, 0.29) is 12.6 Å². The molecule has 1 aliphatic rings. The smallest absolute Gasteiger partial charge is 0.0649 e. The monoisotopic (exact) mass is 248 g/mol. The molecule has 2 N–H and O–H groups in total. The van der Waals surface area contributed by atoms with Gasteiger partial charge in [0.15, 0.2) is 0 Å². The molecule has 2 unspecified atom stereocenters. The fourth-order valence-electron chi connectivity index (χ4n) is 3.15. The molecule has 1 heterocycles. The molecule has 1 fully saturated rings. The van der Waals surface area contributed by atoms with E-state index in [4.69, 9.17) is 0 Å². The first-order valence-corrected chi connectivity index (χ1v) is 6.72. The molecule has 0 radical (unpaired) electrons. The molecule has 3 nitrogen and oxygen atoms in total. The molecule has 1 aromatic carbocycles. The van der Waals surface area contributed by atoms with Gasteiger partial charge < -0.3 is 15.3 Å². The van der Waals surface area contributed by atoms with Crippen LogP contribution in [-0.4, -0.2) is 36.9 Å². The van der Waals surface area contributed by atoms with Gasteiger partial charge in [-0.05, 0) is 38.8 Å². The summed E-state index contributed by atoms with van der Waals surface area (Å²) in [5.41, 5.74) is 5.21. The van der Waals surface area contributed by atoms with Crippen molar-refractivity contribution in [3.63, 3.8) is 0 Å². The number of hydrogen-bond acceptors (Lipinski definition) is 3. The summed E-state index contributed by atoms with van der Waals surface area (Å²) in [6, 6.07) is 5.04. The Morgan fingerprint density at radius 1 is 1.22 bits per heavy atom. The van der Waals surface area contributed by atoms with Crippen LogP contribution in [0.15, 0.2) is 12.1 Å². The first-order chi connectivity index (χ1) is 8.54. The van der Waals surface area contributed by atoms with Gasteiger partial charge in [0.2, 0.25) is 0 Å². The van der Waals surface area contributed by atoms with Gasteiger partial charge in [0, 0.05) is 24.8 Å². The van der Waals surface area contributed by atoms with Crippen LogP contribution in [0.3, 0.4) is 0 Å². The highest BCUT2D eigenvalue weighted by Crippen LogP contribution is 2.30. The summed E-state index contributed by atoms with van der Waals surface area (Å²) < 4.78 is 0. The fraction of sp³-hybridized carbons (Fsp3) is 0.600. The van der Waals surface area contributed by atoms with Crippen LogP contribution >= 0.6 is 0 Å². The Bertz CT molecular complexity index is 407. The van der Waals surface area contributed by atoms with Crippen molar-refractivity contribution in [3.8, 4) is 0 Å². The van der Waals surface area contributed by atoms with Gasteiger partial charge >= 0.3 is 0 Å². The van der Waals surface area contributed by atoms with E-state index in [1.165, 1.54) is 22.4 Å². The molecular weight excluding hydrogens is 224 g/mol. The summed E-state index contributed by atoms with van der Waals surface area (Å²) >= 11 is 0. The lowest BCUT2D eigenvalue weighted by atomic mass is 9.99. The minimum Gasteiger partial charge on any atom is -0.394 e. The highest BCUT2D eigenvalue weighted by molar-refractivity contribution is 5.62. The van der Waals surface area contributed by atoms with Gasteiger partial charge in [-0.3, -0.25) is 0 Å². The number of piperazine rings is 1. The molecule has 2 rings (SSSR count). The lowest BCUT2D eigenvalue weighted by Gasteiger charge is -2.43. The fourth-order valence-corrected chi connectivity index (χ4v) is 3.15.